The Bertz CT molecular complexity index is 619. The molecular formula is C16H14O5. The number of carbonyl (C=O) groups is 2. The van der Waals surface area contributed by atoms with E-state index in [4.69, 9.17) is 14.9 Å². The number of rotatable bonds is 6. The molecule has 0 amide bonds. The lowest BCUT2D eigenvalue weighted by Crippen LogP contribution is -2.29. The van der Waals surface area contributed by atoms with E-state index in [0.717, 1.165) is 11.1 Å². The first kappa shape index (κ1) is 14.6. The van der Waals surface area contributed by atoms with Crippen LogP contribution in [0.3, 0.4) is 0 Å². The topological polar surface area (TPSA) is 83.8 Å². The summed E-state index contributed by atoms with van der Waals surface area (Å²) in [5, 5.41) is 17.6. The molecule has 0 radical (unpaired) electrons. The van der Waals surface area contributed by atoms with E-state index in [1.165, 1.54) is 0 Å². The number of hydrogen-bond donors (Lipinski definition) is 2. The van der Waals surface area contributed by atoms with Crippen LogP contribution in [0.1, 0.15) is 6.42 Å². The SMILES string of the molecule is O=C(O)C[C@@H](Oc1ccc(-c2ccccc2)cc1)C(=O)O. The maximum absolute atomic E-state index is 10.9. The molecular weight excluding hydrogens is 272 g/mol. The molecule has 0 spiro atoms. The second-order valence-electron chi connectivity index (χ2n) is 4.43. The van der Waals surface area contributed by atoms with Crippen LogP contribution in [0.5, 0.6) is 5.75 Å². The highest BCUT2D eigenvalue weighted by Crippen LogP contribution is 2.23. The van der Waals surface area contributed by atoms with Crippen LogP contribution < -0.4 is 4.74 Å². The van der Waals surface area contributed by atoms with Gasteiger partial charge in [0.25, 0.3) is 0 Å². The van der Waals surface area contributed by atoms with Gasteiger partial charge in [0.15, 0.2) is 0 Å². The summed E-state index contributed by atoms with van der Waals surface area (Å²) in [7, 11) is 0. The van der Waals surface area contributed by atoms with Crippen molar-refractivity contribution in [3.63, 3.8) is 0 Å². The van der Waals surface area contributed by atoms with Gasteiger partial charge in [0, 0.05) is 0 Å². The van der Waals surface area contributed by atoms with Crippen molar-refractivity contribution in [2.24, 2.45) is 0 Å². The third kappa shape index (κ3) is 4.07. The van der Waals surface area contributed by atoms with Gasteiger partial charge in [-0.05, 0) is 23.3 Å². The summed E-state index contributed by atoms with van der Waals surface area (Å²) in [6.07, 6.45) is -1.99. The fourth-order valence-electron chi connectivity index (χ4n) is 1.86. The van der Waals surface area contributed by atoms with Gasteiger partial charge in [-0.15, -0.1) is 0 Å². The van der Waals surface area contributed by atoms with Gasteiger partial charge in [0.05, 0.1) is 6.42 Å². The van der Waals surface area contributed by atoms with Crippen LogP contribution in [0.2, 0.25) is 0 Å². The van der Waals surface area contributed by atoms with Crippen molar-refractivity contribution in [1.29, 1.82) is 0 Å². The minimum atomic E-state index is -1.40. The molecule has 108 valence electrons. The van der Waals surface area contributed by atoms with Crippen molar-refractivity contribution in [3.8, 4) is 16.9 Å². The van der Waals surface area contributed by atoms with E-state index in [9.17, 15) is 9.59 Å². The molecule has 21 heavy (non-hydrogen) atoms. The minimum Gasteiger partial charge on any atom is -0.481 e. The van der Waals surface area contributed by atoms with Crippen LogP contribution in [0, 0.1) is 0 Å². The van der Waals surface area contributed by atoms with Gasteiger partial charge < -0.3 is 14.9 Å². The number of carboxylic acids is 2. The Balaban J connectivity index is 2.11. The molecule has 0 saturated carbocycles. The van der Waals surface area contributed by atoms with Crippen molar-refractivity contribution in [2.45, 2.75) is 12.5 Å². The van der Waals surface area contributed by atoms with E-state index >= 15 is 0 Å². The number of hydrogen-bond acceptors (Lipinski definition) is 3. The van der Waals surface area contributed by atoms with Crippen LogP contribution in [0.4, 0.5) is 0 Å². The fraction of sp³-hybridized carbons (Fsp3) is 0.125. The molecule has 2 rings (SSSR count). The molecule has 0 aromatic heterocycles. The van der Waals surface area contributed by atoms with Crippen molar-refractivity contribution in [3.05, 3.63) is 54.6 Å². The molecule has 2 aromatic carbocycles. The Morgan fingerprint density at radius 1 is 0.905 bits per heavy atom. The molecule has 0 aliphatic carbocycles. The summed E-state index contributed by atoms with van der Waals surface area (Å²) >= 11 is 0. The third-order valence-corrected chi connectivity index (χ3v) is 2.88. The van der Waals surface area contributed by atoms with Crippen molar-refractivity contribution < 1.29 is 24.5 Å². The fourth-order valence-corrected chi connectivity index (χ4v) is 1.86. The molecule has 5 nitrogen and oxygen atoms in total. The number of aliphatic carboxylic acids is 2. The largest absolute Gasteiger partial charge is 0.481 e. The van der Waals surface area contributed by atoms with Gasteiger partial charge in [0.1, 0.15) is 5.75 Å². The number of benzene rings is 2. The predicted octanol–water partition coefficient (Wildman–Crippen LogP) is 2.66. The Morgan fingerprint density at radius 2 is 1.48 bits per heavy atom. The molecule has 0 bridgehead atoms. The zero-order valence-corrected chi connectivity index (χ0v) is 11.1. The molecule has 2 aromatic rings. The van der Waals surface area contributed by atoms with E-state index in [2.05, 4.69) is 0 Å². The first-order valence-corrected chi connectivity index (χ1v) is 6.33. The predicted molar refractivity (Wildman–Crippen MR) is 76.2 cm³/mol. The first-order chi connectivity index (χ1) is 10.1. The average Bonchev–Trinajstić information content (AvgIpc) is 2.48. The normalized spacial score (nSPS) is 11.6. The first-order valence-electron chi connectivity index (χ1n) is 6.33. The molecule has 0 fully saturated rings. The van der Waals surface area contributed by atoms with Crippen molar-refractivity contribution in [1.82, 2.24) is 0 Å². The Morgan fingerprint density at radius 3 is 2.00 bits per heavy atom. The van der Waals surface area contributed by atoms with Crippen LogP contribution in [0.15, 0.2) is 54.6 Å². The lowest BCUT2D eigenvalue weighted by Gasteiger charge is -2.13. The Kier molecular flexibility index (Phi) is 4.56. The van der Waals surface area contributed by atoms with Crippen molar-refractivity contribution >= 4 is 11.9 Å². The summed E-state index contributed by atoms with van der Waals surface area (Å²) in [5.41, 5.74) is 2.00. The Hall–Kier alpha value is -2.82. The summed E-state index contributed by atoms with van der Waals surface area (Å²) in [6.45, 7) is 0. The van der Waals surface area contributed by atoms with E-state index in [0.29, 0.717) is 5.75 Å². The van der Waals surface area contributed by atoms with Gasteiger partial charge in [-0.2, -0.15) is 0 Å². The second-order valence-corrected chi connectivity index (χ2v) is 4.43. The molecule has 1 atom stereocenters. The van der Waals surface area contributed by atoms with Crippen molar-refractivity contribution in [2.75, 3.05) is 0 Å². The monoisotopic (exact) mass is 286 g/mol. The smallest absolute Gasteiger partial charge is 0.345 e. The maximum atomic E-state index is 10.9. The zero-order valence-electron chi connectivity index (χ0n) is 11.1. The standard InChI is InChI=1S/C16H14O5/c17-15(18)10-14(16(19)20)21-13-8-6-12(7-9-13)11-4-2-1-3-5-11/h1-9,14H,10H2,(H,17,18)(H,19,20)/t14-/m1/s1. The lowest BCUT2D eigenvalue weighted by molar-refractivity contribution is -0.151. The van der Waals surface area contributed by atoms with Gasteiger partial charge in [-0.3, -0.25) is 4.79 Å². The zero-order chi connectivity index (χ0) is 15.2. The van der Waals surface area contributed by atoms with Crippen LogP contribution in [0.25, 0.3) is 11.1 Å². The molecule has 0 heterocycles. The molecule has 0 unspecified atom stereocenters. The summed E-state index contributed by atoms with van der Waals surface area (Å²) < 4.78 is 5.20. The molecule has 0 aliphatic heterocycles. The lowest BCUT2D eigenvalue weighted by atomic mass is 10.1. The summed E-state index contributed by atoms with van der Waals surface area (Å²) in [6, 6.07) is 16.5. The number of ether oxygens (including phenoxy) is 1. The minimum absolute atomic E-state index is 0.323. The van der Waals surface area contributed by atoms with Gasteiger partial charge >= 0.3 is 11.9 Å². The Labute approximate surface area is 121 Å². The van der Waals surface area contributed by atoms with Crippen LogP contribution >= 0.6 is 0 Å². The summed E-state index contributed by atoms with van der Waals surface area (Å²) in [5.74, 6) is -2.20. The molecule has 2 N–H and O–H groups in total. The highest BCUT2D eigenvalue weighted by molar-refractivity contribution is 5.80. The van der Waals surface area contributed by atoms with Crippen LogP contribution in [-0.2, 0) is 9.59 Å². The maximum Gasteiger partial charge on any atom is 0.345 e. The molecule has 5 heteroatoms. The summed E-state index contributed by atoms with van der Waals surface area (Å²) in [4.78, 5) is 21.5. The number of carboxylic acid groups (broad SMARTS) is 2. The van der Waals surface area contributed by atoms with Gasteiger partial charge in [0.2, 0.25) is 6.10 Å². The highest BCUT2D eigenvalue weighted by atomic mass is 16.5. The van der Waals surface area contributed by atoms with E-state index in [-0.39, 0.29) is 0 Å². The van der Waals surface area contributed by atoms with Gasteiger partial charge in [-0.25, -0.2) is 4.79 Å². The average molecular weight is 286 g/mol. The second kappa shape index (κ2) is 6.56. The van der Waals surface area contributed by atoms with Crippen LogP contribution in [-0.4, -0.2) is 28.3 Å². The third-order valence-electron chi connectivity index (χ3n) is 2.88. The molecule has 0 aliphatic rings. The van der Waals surface area contributed by atoms with Gasteiger partial charge in [-0.1, -0.05) is 42.5 Å². The van der Waals surface area contributed by atoms with E-state index in [1.807, 2.05) is 30.3 Å². The quantitative estimate of drug-likeness (QED) is 0.853. The van der Waals surface area contributed by atoms with E-state index in [1.54, 1.807) is 24.3 Å². The van der Waals surface area contributed by atoms with E-state index < -0.39 is 24.5 Å². The highest BCUT2D eigenvalue weighted by Gasteiger charge is 2.22. The molecule has 0 saturated heterocycles.